The normalized spacial score (nSPS) is 11.2. The minimum absolute atomic E-state index is 0. The standard InChI is InChI=1S/C7H16.Al.3H/c1-6(2)7(3,4)5;;;;/h6H,1-5H3;;;;. The molecule has 0 fully saturated rings. The number of rotatable bonds is 0. The molecule has 0 saturated carbocycles. The maximum atomic E-state index is 2.26. The first-order valence-corrected chi connectivity index (χ1v) is 2.94. The highest BCUT2D eigenvalue weighted by molar-refractivity contribution is 5.75. The molecule has 0 heterocycles. The van der Waals surface area contributed by atoms with E-state index in [9.17, 15) is 0 Å². The Morgan fingerprint density at radius 2 is 1.12 bits per heavy atom. The van der Waals surface area contributed by atoms with Crippen molar-refractivity contribution in [2.45, 2.75) is 34.6 Å². The average Bonchev–Trinajstić information content (AvgIpc) is 1.31. The van der Waals surface area contributed by atoms with Gasteiger partial charge in [-0.15, -0.1) is 0 Å². The van der Waals surface area contributed by atoms with E-state index in [1.165, 1.54) is 0 Å². The van der Waals surface area contributed by atoms with Crippen molar-refractivity contribution in [3.05, 3.63) is 0 Å². The maximum Gasteiger partial charge on any atom is 0.187 e. The van der Waals surface area contributed by atoms with Crippen molar-refractivity contribution in [1.29, 1.82) is 0 Å². The molecule has 0 spiro atoms. The average molecular weight is 130 g/mol. The van der Waals surface area contributed by atoms with Crippen LogP contribution in [0.3, 0.4) is 0 Å². The molecule has 0 atom stereocenters. The van der Waals surface area contributed by atoms with Gasteiger partial charge in [0.1, 0.15) is 0 Å². The van der Waals surface area contributed by atoms with Gasteiger partial charge in [0.15, 0.2) is 17.4 Å². The molecule has 50 valence electrons. The Balaban J connectivity index is 0. The van der Waals surface area contributed by atoms with E-state index in [-0.39, 0.29) is 17.4 Å². The molecule has 1 heteroatoms. The van der Waals surface area contributed by atoms with Gasteiger partial charge >= 0.3 is 0 Å². The highest BCUT2D eigenvalue weighted by Gasteiger charge is 2.13. The molecule has 0 amide bonds. The first-order chi connectivity index (χ1) is 2.94. The van der Waals surface area contributed by atoms with E-state index in [4.69, 9.17) is 0 Å². The fourth-order valence-corrected chi connectivity index (χ4v) is 0. The zero-order valence-corrected chi connectivity index (χ0v) is 6.08. The summed E-state index contributed by atoms with van der Waals surface area (Å²) in [6, 6.07) is 0. The fourth-order valence-electron chi connectivity index (χ4n) is 0. The number of hydrogen-bond donors (Lipinski definition) is 0. The van der Waals surface area contributed by atoms with E-state index in [1.54, 1.807) is 0 Å². The van der Waals surface area contributed by atoms with Gasteiger partial charge in [0.05, 0.1) is 0 Å². The molecule has 0 aromatic rings. The van der Waals surface area contributed by atoms with E-state index in [0.717, 1.165) is 5.92 Å². The van der Waals surface area contributed by atoms with E-state index < -0.39 is 0 Å². The molecule has 0 radical (unpaired) electrons. The third-order valence-corrected chi connectivity index (χ3v) is 1.73. The van der Waals surface area contributed by atoms with Crippen LogP contribution >= 0.6 is 0 Å². The van der Waals surface area contributed by atoms with Crippen LogP contribution in [0.15, 0.2) is 0 Å². The quantitative estimate of drug-likeness (QED) is 0.436. The van der Waals surface area contributed by atoms with Gasteiger partial charge in [-0.25, -0.2) is 0 Å². The minimum Gasteiger partial charge on any atom is -0.0623 e. The van der Waals surface area contributed by atoms with Gasteiger partial charge in [-0.2, -0.15) is 0 Å². The van der Waals surface area contributed by atoms with Crippen molar-refractivity contribution in [1.82, 2.24) is 0 Å². The molecule has 0 aliphatic heterocycles. The van der Waals surface area contributed by atoms with Crippen LogP contribution in [0.1, 0.15) is 34.6 Å². The van der Waals surface area contributed by atoms with Gasteiger partial charge in [0.2, 0.25) is 0 Å². The Morgan fingerprint density at radius 3 is 1.12 bits per heavy atom. The van der Waals surface area contributed by atoms with Gasteiger partial charge in [-0.05, 0) is 11.3 Å². The van der Waals surface area contributed by atoms with Gasteiger partial charge in [-0.1, -0.05) is 34.6 Å². The van der Waals surface area contributed by atoms with E-state index >= 15 is 0 Å². The predicted molar refractivity (Wildman–Crippen MR) is 44.2 cm³/mol. The second kappa shape index (κ2) is 3.54. The van der Waals surface area contributed by atoms with Gasteiger partial charge < -0.3 is 0 Å². The van der Waals surface area contributed by atoms with E-state index in [1.807, 2.05) is 0 Å². The SMILES string of the molecule is CC(C)C(C)(C)C.[AlH3]. The van der Waals surface area contributed by atoms with E-state index in [2.05, 4.69) is 34.6 Å². The predicted octanol–water partition coefficient (Wildman–Crippen LogP) is 1.50. The van der Waals surface area contributed by atoms with Crippen molar-refractivity contribution >= 4 is 17.4 Å². The minimum atomic E-state index is 0. The van der Waals surface area contributed by atoms with Gasteiger partial charge in [0, 0.05) is 0 Å². The summed E-state index contributed by atoms with van der Waals surface area (Å²) in [5, 5.41) is 0. The molecular formula is C7H19Al. The zero-order valence-electron chi connectivity index (χ0n) is 6.08. The molecule has 8 heavy (non-hydrogen) atoms. The lowest BCUT2D eigenvalue weighted by atomic mass is 9.84. The molecular weight excluding hydrogens is 111 g/mol. The molecule has 0 unspecified atom stereocenters. The lowest BCUT2D eigenvalue weighted by Crippen LogP contribution is -2.12. The summed E-state index contributed by atoms with van der Waals surface area (Å²) in [5.74, 6) is 0.799. The Morgan fingerprint density at radius 1 is 1.00 bits per heavy atom. The van der Waals surface area contributed by atoms with Crippen LogP contribution in [0, 0.1) is 11.3 Å². The van der Waals surface area contributed by atoms with Crippen LogP contribution in [0.5, 0.6) is 0 Å². The van der Waals surface area contributed by atoms with Crippen molar-refractivity contribution in [3.8, 4) is 0 Å². The molecule has 0 saturated heterocycles. The lowest BCUT2D eigenvalue weighted by molar-refractivity contribution is 0.283. The van der Waals surface area contributed by atoms with Gasteiger partial charge in [0.25, 0.3) is 0 Å². The zero-order chi connectivity index (χ0) is 6.08. The second-order valence-corrected chi connectivity index (χ2v) is 3.52. The molecule has 0 aromatic heterocycles. The van der Waals surface area contributed by atoms with Crippen LogP contribution in [-0.4, -0.2) is 17.4 Å². The van der Waals surface area contributed by atoms with Crippen LogP contribution < -0.4 is 0 Å². The third-order valence-electron chi connectivity index (χ3n) is 1.73. The highest BCUT2D eigenvalue weighted by atomic mass is 27.0. The molecule has 0 rings (SSSR count). The molecule has 0 aliphatic carbocycles. The number of hydrogen-bond acceptors (Lipinski definition) is 0. The summed E-state index contributed by atoms with van der Waals surface area (Å²) < 4.78 is 0. The first-order valence-electron chi connectivity index (χ1n) is 2.94. The second-order valence-electron chi connectivity index (χ2n) is 3.52. The summed E-state index contributed by atoms with van der Waals surface area (Å²) in [6.45, 7) is 11.3. The van der Waals surface area contributed by atoms with Crippen LogP contribution in [0.2, 0.25) is 0 Å². The summed E-state index contributed by atoms with van der Waals surface area (Å²) in [4.78, 5) is 0. The molecule has 0 bridgehead atoms. The monoisotopic (exact) mass is 130 g/mol. The van der Waals surface area contributed by atoms with Crippen LogP contribution in [0.4, 0.5) is 0 Å². The van der Waals surface area contributed by atoms with Gasteiger partial charge in [-0.3, -0.25) is 0 Å². The van der Waals surface area contributed by atoms with Crippen molar-refractivity contribution in [2.24, 2.45) is 11.3 Å². The highest BCUT2D eigenvalue weighted by Crippen LogP contribution is 2.23. The maximum absolute atomic E-state index is 2.26. The fraction of sp³-hybridized carbons (Fsp3) is 1.00. The lowest BCUT2D eigenvalue weighted by Gasteiger charge is -2.22. The van der Waals surface area contributed by atoms with Crippen molar-refractivity contribution in [2.75, 3.05) is 0 Å². The summed E-state index contributed by atoms with van der Waals surface area (Å²) >= 11 is 0. The Kier molecular flexibility index (Phi) is 5.02. The summed E-state index contributed by atoms with van der Waals surface area (Å²) in [5.41, 5.74) is 0.500. The smallest absolute Gasteiger partial charge is 0.0623 e. The molecule has 0 N–H and O–H groups in total. The topological polar surface area (TPSA) is 0 Å². The Hall–Kier alpha value is 0.532. The van der Waals surface area contributed by atoms with Crippen molar-refractivity contribution in [3.63, 3.8) is 0 Å². The third kappa shape index (κ3) is 4.69. The van der Waals surface area contributed by atoms with E-state index in [0.29, 0.717) is 5.41 Å². The summed E-state index contributed by atoms with van der Waals surface area (Å²) in [7, 11) is 0. The summed E-state index contributed by atoms with van der Waals surface area (Å²) in [6.07, 6.45) is 0. The molecule has 0 nitrogen and oxygen atoms in total. The molecule has 0 aromatic carbocycles. The van der Waals surface area contributed by atoms with Crippen LogP contribution in [0.25, 0.3) is 0 Å². The Bertz CT molecular complexity index is 49.9. The van der Waals surface area contributed by atoms with Crippen LogP contribution in [-0.2, 0) is 0 Å². The first kappa shape index (κ1) is 11.3. The Labute approximate surface area is 63.8 Å². The molecule has 0 aliphatic rings. The largest absolute Gasteiger partial charge is 0.187 e. The van der Waals surface area contributed by atoms with Crippen molar-refractivity contribution < 1.29 is 0 Å².